The molecule has 1 fully saturated rings. The van der Waals surface area contributed by atoms with Crippen LogP contribution in [-0.4, -0.2) is 46.2 Å². The largest absolute Gasteiger partial charge is 0.373 e. The molecule has 2 aromatic rings. The molecule has 0 aromatic carbocycles. The van der Waals surface area contributed by atoms with Gasteiger partial charge in [-0.25, -0.2) is 4.98 Å². The number of hydrogen-bond acceptors (Lipinski definition) is 7. The molecular formula is C15H20N4O3S. The predicted octanol–water partition coefficient (Wildman–Crippen LogP) is 1.92. The number of carbonyl (C=O) groups excluding carboxylic acids is 1. The maximum atomic E-state index is 11.9. The van der Waals surface area contributed by atoms with Gasteiger partial charge in [0.05, 0.1) is 30.0 Å². The minimum absolute atomic E-state index is 0.145. The normalized spacial score (nSPS) is 22.2. The molecule has 0 radical (unpaired) electrons. The van der Waals surface area contributed by atoms with E-state index < -0.39 is 0 Å². The molecule has 8 heteroatoms. The van der Waals surface area contributed by atoms with E-state index in [0.29, 0.717) is 10.8 Å². The van der Waals surface area contributed by atoms with Gasteiger partial charge in [-0.1, -0.05) is 5.16 Å². The van der Waals surface area contributed by atoms with Gasteiger partial charge in [0, 0.05) is 31.1 Å². The monoisotopic (exact) mass is 336 g/mol. The molecule has 0 saturated carbocycles. The second-order valence-corrected chi connectivity index (χ2v) is 6.67. The van der Waals surface area contributed by atoms with Gasteiger partial charge in [0.15, 0.2) is 5.13 Å². The third-order valence-electron chi connectivity index (χ3n) is 3.51. The molecule has 1 N–H and O–H groups in total. The Morgan fingerprint density at radius 3 is 2.87 bits per heavy atom. The number of thiazole rings is 1. The quantitative estimate of drug-likeness (QED) is 0.898. The molecule has 124 valence electrons. The van der Waals surface area contributed by atoms with Gasteiger partial charge in [0.2, 0.25) is 5.91 Å². The van der Waals surface area contributed by atoms with Crippen molar-refractivity contribution < 1.29 is 14.1 Å². The van der Waals surface area contributed by atoms with Crippen molar-refractivity contribution in [2.45, 2.75) is 39.0 Å². The zero-order valence-electron chi connectivity index (χ0n) is 13.2. The summed E-state index contributed by atoms with van der Waals surface area (Å²) in [4.78, 5) is 18.7. The third kappa shape index (κ3) is 4.60. The number of anilines is 1. The summed E-state index contributed by atoms with van der Waals surface area (Å²) in [7, 11) is 0. The fourth-order valence-electron chi connectivity index (χ4n) is 2.74. The lowest BCUT2D eigenvalue weighted by molar-refractivity contribution is -0.115. The Morgan fingerprint density at radius 1 is 1.39 bits per heavy atom. The van der Waals surface area contributed by atoms with Gasteiger partial charge >= 0.3 is 0 Å². The van der Waals surface area contributed by atoms with Crippen LogP contribution in [0.3, 0.4) is 0 Å². The van der Waals surface area contributed by atoms with E-state index in [-0.39, 0.29) is 24.5 Å². The molecule has 1 aliphatic heterocycles. The standard InChI is InChI=1S/C15H20N4O3S/c1-10-6-19(7-11(2)22-10)8-13-9-23-15(16-13)17-14(20)5-12-3-4-21-18-12/h3-4,9-11H,5-8H2,1-2H3,(H,16,17,20). The molecule has 3 heterocycles. The summed E-state index contributed by atoms with van der Waals surface area (Å²) in [5.74, 6) is -0.145. The fourth-order valence-corrected chi connectivity index (χ4v) is 3.45. The van der Waals surface area contributed by atoms with Gasteiger partial charge < -0.3 is 14.6 Å². The number of nitrogens with one attached hydrogen (secondary N) is 1. The molecule has 1 aliphatic rings. The van der Waals surface area contributed by atoms with E-state index in [4.69, 9.17) is 9.26 Å². The lowest BCUT2D eigenvalue weighted by atomic mass is 10.2. The van der Waals surface area contributed by atoms with Crippen LogP contribution in [0.5, 0.6) is 0 Å². The first kappa shape index (κ1) is 16.1. The van der Waals surface area contributed by atoms with E-state index >= 15 is 0 Å². The van der Waals surface area contributed by atoms with Gasteiger partial charge in [-0.3, -0.25) is 9.69 Å². The molecule has 0 aliphatic carbocycles. The van der Waals surface area contributed by atoms with Gasteiger partial charge in [0.25, 0.3) is 0 Å². The van der Waals surface area contributed by atoms with Crippen LogP contribution < -0.4 is 5.32 Å². The van der Waals surface area contributed by atoms with Crippen molar-refractivity contribution in [3.63, 3.8) is 0 Å². The first-order valence-electron chi connectivity index (χ1n) is 7.60. The minimum Gasteiger partial charge on any atom is -0.373 e. The highest BCUT2D eigenvalue weighted by Crippen LogP contribution is 2.19. The molecule has 7 nitrogen and oxygen atoms in total. The molecule has 1 saturated heterocycles. The highest BCUT2D eigenvalue weighted by atomic mass is 32.1. The van der Waals surface area contributed by atoms with Crippen LogP contribution >= 0.6 is 11.3 Å². The Kier molecular flexibility index (Phi) is 5.04. The second kappa shape index (κ2) is 7.20. The molecule has 2 aromatic heterocycles. The smallest absolute Gasteiger partial charge is 0.232 e. The summed E-state index contributed by atoms with van der Waals surface area (Å²) in [6.07, 6.45) is 2.11. The van der Waals surface area contributed by atoms with Crippen molar-refractivity contribution in [3.8, 4) is 0 Å². The van der Waals surface area contributed by atoms with Crippen LogP contribution in [0.4, 0.5) is 5.13 Å². The maximum Gasteiger partial charge on any atom is 0.232 e. The van der Waals surface area contributed by atoms with Gasteiger partial charge in [-0.2, -0.15) is 0 Å². The predicted molar refractivity (Wildman–Crippen MR) is 86.2 cm³/mol. The highest BCUT2D eigenvalue weighted by molar-refractivity contribution is 7.13. The van der Waals surface area contributed by atoms with E-state index in [2.05, 4.69) is 34.2 Å². The van der Waals surface area contributed by atoms with E-state index in [1.165, 1.54) is 17.6 Å². The molecule has 1 amide bonds. The summed E-state index contributed by atoms with van der Waals surface area (Å²) in [6.45, 7) is 6.73. The average molecular weight is 336 g/mol. The summed E-state index contributed by atoms with van der Waals surface area (Å²) in [5, 5.41) is 9.12. The van der Waals surface area contributed by atoms with Gasteiger partial charge in [-0.15, -0.1) is 11.3 Å². The molecule has 2 unspecified atom stereocenters. The number of hydrogen-bond donors (Lipinski definition) is 1. The number of aromatic nitrogens is 2. The van der Waals surface area contributed by atoms with Crippen molar-refractivity contribution in [3.05, 3.63) is 29.1 Å². The number of carbonyl (C=O) groups is 1. The topological polar surface area (TPSA) is 80.5 Å². The Labute approximate surface area is 138 Å². The summed E-state index contributed by atoms with van der Waals surface area (Å²) < 4.78 is 10.4. The van der Waals surface area contributed by atoms with E-state index in [0.717, 1.165) is 25.3 Å². The molecule has 23 heavy (non-hydrogen) atoms. The summed E-state index contributed by atoms with van der Waals surface area (Å²) >= 11 is 1.44. The zero-order chi connectivity index (χ0) is 16.2. The van der Waals surface area contributed by atoms with E-state index in [9.17, 15) is 4.79 Å². The first-order valence-corrected chi connectivity index (χ1v) is 8.48. The number of amides is 1. The Morgan fingerprint density at radius 2 is 2.17 bits per heavy atom. The van der Waals surface area contributed by atoms with Crippen LogP contribution in [0.1, 0.15) is 25.2 Å². The van der Waals surface area contributed by atoms with Crippen LogP contribution in [0.15, 0.2) is 22.2 Å². The van der Waals surface area contributed by atoms with Crippen molar-refractivity contribution in [1.82, 2.24) is 15.0 Å². The van der Waals surface area contributed by atoms with Crippen LogP contribution in [0, 0.1) is 0 Å². The maximum absolute atomic E-state index is 11.9. The molecule has 0 bridgehead atoms. The van der Waals surface area contributed by atoms with Crippen LogP contribution in [0.25, 0.3) is 0 Å². The molecule has 3 rings (SSSR count). The van der Waals surface area contributed by atoms with Crippen LogP contribution in [0.2, 0.25) is 0 Å². The van der Waals surface area contributed by atoms with Crippen LogP contribution in [-0.2, 0) is 22.5 Å². The summed E-state index contributed by atoms with van der Waals surface area (Å²) in [6, 6.07) is 1.67. The molecule has 2 atom stereocenters. The first-order chi connectivity index (χ1) is 11.1. The number of nitrogens with zero attached hydrogens (tertiary/aromatic N) is 3. The third-order valence-corrected chi connectivity index (χ3v) is 4.32. The zero-order valence-corrected chi connectivity index (χ0v) is 14.0. The number of rotatable bonds is 5. The van der Waals surface area contributed by atoms with Gasteiger partial charge in [0.1, 0.15) is 6.26 Å². The van der Waals surface area contributed by atoms with Crippen molar-refractivity contribution >= 4 is 22.4 Å². The Balaban J connectivity index is 1.52. The Hall–Kier alpha value is -1.77. The fraction of sp³-hybridized carbons (Fsp3) is 0.533. The van der Waals surface area contributed by atoms with E-state index in [1.54, 1.807) is 6.07 Å². The van der Waals surface area contributed by atoms with Gasteiger partial charge in [-0.05, 0) is 13.8 Å². The lowest BCUT2D eigenvalue weighted by Gasteiger charge is -2.34. The summed E-state index contributed by atoms with van der Waals surface area (Å²) in [5.41, 5.74) is 1.57. The Bertz CT molecular complexity index is 633. The second-order valence-electron chi connectivity index (χ2n) is 5.81. The van der Waals surface area contributed by atoms with Crippen molar-refractivity contribution in [2.75, 3.05) is 18.4 Å². The van der Waals surface area contributed by atoms with Crippen molar-refractivity contribution in [1.29, 1.82) is 0 Å². The SMILES string of the molecule is CC1CN(Cc2csc(NC(=O)Cc3ccon3)n2)CC(C)O1. The van der Waals surface area contributed by atoms with Crippen molar-refractivity contribution in [2.24, 2.45) is 0 Å². The minimum atomic E-state index is -0.145. The highest BCUT2D eigenvalue weighted by Gasteiger charge is 2.22. The number of morpholine rings is 1. The molecular weight excluding hydrogens is 316 g/mol. The molecule has 0 spiro atoms. The average Bonchev–Trinajstić information content (AvgIpc) is 3.10. The number of ether oxygens (including phenoxy) is 1. The van der Waals surface area contributed by atoms with E-state index in [1.807, 2.05) is 5.38 Å². The lowest BCUT2D eigenvalue weighted by Crippen LogP contribution is -2.44.